The summed E-state index contributed by atoms with van der Waals surface area (Å²) in [5.41, 5.74) is 0.878. The molecule has 0 aliphatic heterocycles. The highest BCUT2D eigenvalue weighted by Crippen LogP contribution is 2.31. The van der Waals surface area contributed by atoms with Crippen LogP contribution < -0.4 is 14.8 Å². The Labute approximate surface area is 176 Å². The minimum atomic E-state index is -3.69. The van der Waals surface area contributed by atoms with Crippen molar-refractivity contribution in [2.75, 3.05) is 6.61 Å². The third kappa shape index (κ3) is 4.83. The van der Waals surface area contributed by atoms with Gasteiger partial charge in [0.05, 0.1) is 17.5 Å². The second-order valence-corrected chi connectivity index (χ2v) is 8.97. The molecule has 3 rings (SSSR count). The number of fused-ring (bicyclic) bond motifs is 1. The molecule has 8 heteroatoms. The molecule has 1 unspecified atom stereocenters. The predicted octanol–water partition coefficient (Wildman–Crippen LogP) is 4.01. The number of amides is 1. The molecular formula is C22H26N2O5S. The molecule has 0 fully saturated rings. The van der Waals surface area contributed by atoms with Gasteiger partial charge >= 0.3 is 0 Å². The summed E-state index contributed by atoms with van der Waals surface area (Å²) in [5, 5.41) is 3.74. The van der Waals surface area contributed by atoms with Crippen molar-refractivity contribution in [1.29, 1.82) is 0 Å². The molecular weight excluding hydrogens is 404 g/mol. The van der Waals surface area contributed by atoms with Crippen LogP contribution >= 0.6 is 0 Å². The summed E-state index contributed by atoms with van der Waals surface area (Å²) in [4.78, 5) is 12.8. The summed E-state index contributed by atoms with van der Waals surface area (Å²) in [6.45, 7) is 7.69. The van der Waals surface area contributed by atoms with Crippen molar-refractivity contribution in [1.82, 2.24) is 10.0 Å². The Kier molecular flexibility index (Phi) is 6.48. The van der Waals surface area contributed by atoms with Crippen molar-refractivity contribution >= 4 is 26.9 Å². The molecule has 2 aromatic carbocycles. The van der Waals surface area contributed by atoms with Gasteiger partial charge in [-0.05, 0) is 58.0 Å². The third-order valence-corrected chi connectivity index (χ3v) is 6.05. The fourth-order valence-corrected chi connectivity index (χ4v) is 4.37. The number of rotatable bonds is 8. The maximum Gasteiger partial charge on any atom is 0.251 e. The van der Waals surface area contributed by atoms with Crippen LogP contribution in [-0.4, -0.2) is 27.0 Å². The monoisotopic (exact) mass is 430 g/mol. The largest absolute Gasteiger partial charge is 0.490 e. The second kappa shape index (κ2) is 8.89. The lowest BCUT2D eigenvalue weighted by Gasteiger charge is -2.13. The summed E-state index contributed by atoms with van der Waals surface area (Å²) in [6, 6.07) is 12.7. The van der Waals surface area contributed by atoms with Crippen LogP contribution in [0.4, 0.5) is 0 Å². The van der Waals surface area contributed by atoms with E-state index in [1.807, 2.05) is 31.2 Å². The van der Waals surface area contributed by atoms with E-state index >= 15 is 0 Å². The molecule has 30 heavy (non-hydrogen) atoms. The number of sulfonamides is 1. The first-order valence-corrected chi connectivity index (χ1v) is 11.3. The summed E-state index contributed by atoms with van der Waals surface area (Å²) in [6.07, 6.45) is 0. The zero-order chi connectivity index (χ0) is 21.9. The van der Waals surface area contributed by atoms with E-state index in [4.69, 9.17) is 9.15 Å². The lowest BCUT2D eigenvalue weighted by Crippen LogP contribution is -2.31. The van der Waals surface area contributed by atoms with Crippen LogP contribution in [0.15, 0.2) is 57.8 Å². The molecule has 3 aromatic rings. The predicted molar refractivity (Wildman–Crippen MR) is 115 cm³/mol. The number of nitrogens with one attached hydrogen (secondary N) is 2. The molecule has 0 aliphatic rings. The minimum absolute atomic E-state index is 0.0431. The van der Waals surface area contributed by atoms with Crippen LogP contribution in [0, 0.1) is 0 Å². The van der Waals surface area contributed by atoms with Crippen molar-refractivity contribution in [3.05, 3.63) is 59.9 Å². The molecule has 0 bridgehead atoms. The van der Waals surface area contributed by atoms with Gasteiger partial charge in [-0.2, -0.15) is 0 Å². The minimum Gasteiger partial charge on any atom is -0.490 e. The number of ether oxygens (including phenoxy) is 1. The van der Waals surface area contributed by atoms with Crippen molar-refractivity contribution in [2.45, 2.75) is 44.7 Å². The van der Waals surface area contributed by atoms with Gasteiger partial charge in [-0.3, -0.25) is 4.79 Å². The van der Waals surface area contributed by atoms with E-state index in [1.54, 1.807) is 32.9 Å². The van der Waals surface area contributed by atoms with Gasteiger partial charge in [-0.25, -0.2) is 13.1 Å². The molecule has 160 valence electrons. The maximum absolute atomic E-state index is 12.7. The highest BCUT2D eigenvalue weighted by molar-refractivity contribution is 7.89. The van der Waals surface area contributed by atoms with E-state index in [-0.39, 0.29) is 16.5 Å². The molecule has 1 amide bonds. The average Bonchev–Trinajstić information content (AvgIpc) is 3.13. The number of carbonyl (C=O) groups is 1. The summed E-state index contributed by atoms with van der Waals surface area (Å²) in [7, 11) is -3.69. The van der Waals surface area contributed by atoms with E-state index in [1.165, 1.54) is 12.1 Å². The molecule has 2 N–H and O–H groups in total. The molecule has 1 heterocycles. The molecule has 0 saturated heterocycles. The third-order valence-electron chi connectivity index (χ3n) is 4.40. The molecule has 0 saturated carbocycles. The lowest BCUT2D eigenvalue weighted by atomic mass is 10.1. The average molecular weight is 431 g/mol. The van der Waals surface area contributed by atoms with E-state index in [9.17, 15) is 13.2 Å². The highest BCUT2D eigenvalue weighted by atomic mass is 32.2. The van der Waals surface area contributed by atoms with Gasteiger partial charge in [0.25, 0.3) is 5.91 Å². The number of hydrogen-bond acceptors (Lipinski definition) is 5. The molecule has 0 radical (unpaired) electrons. The molecule has 7 nitrogen and oxygen atoms in total. The number of hydrogen-bond donors (Lipinski definition) is 2. The molecule has 0 spiro atoms. The van der Waals surface area contributed by atoms with Crippen molar-refractivity contribution < 1.29 is 22.4 Å². The van der Waals surface area contributed by atoms with E-state index in [2.05, 4.69) is 10.0 Å². The zero-order valence-corrected chi connectivity index (χ0v) is 18.2. The summed E-state index contributed by atoms with van der Waals surface area (Å²) in [5.74, 6) is 0.834. The normalized spacial score (nSPS) is 12.8. The van der Waals surface area contributed by atoms with Crippen LogP contribution in [0.5, 0.6) is 5.75 Å². The van der Waals surface area contributed by atoms with E-state index in [0.717, 1.165) is 5.39 Å². The lowest BCUT2D eigenvalue weighted by molar-refractivity contribution is 0.0935. The van der Waals surface area contributed by atoms with Crippen LogP contribution in [0.2, 0.25) is 0 Å². The Bertz CT molecular complexity index is 1150. The number of carbonyl (C=O) groups excluding carboxylic acids is 1. The van der Waals surface area contributed by atoms with Crippen LogP contribution in [0.25, 0.3) is 11.0 Å². The first-order valence-electron chi connectivity index (χ1n) is 9.79. The fraction of sp³-hybridized carbons (Fsp3) is 0.318. The van der Waals surface area contributed by atoms with Gasteiger partial charge in [-0.15, -0.1) is 0 Å². The van der Waals surface area contributed by atoms with E-state index in [0.29, 0.717) is 23.7 Å². The van der Waals surface area contributed by atoms with Crippen LogP contribution in [0.1, 0.15) is 49.9 Å². The van der Waals surface area contributed by atoms with Gasteiger partial charge in [-0.1, -0.05) is 18.2 Å². The first-order chi connectivity index (χ1) is 14.2. The van der Waals surface area contributed by atoms with E-state index < -0.39 is 22.0 Å². The van der Waals surface area contributed by atoms with Crippen LogP contribution in [0.3, 0.4) is 0 Å². The van der Waals surface area contributed by atoms with Gasteiger partial charge in [0, 0.05) is 17.0 Å². The van der Waals surface area contributed by atoms with Gasteiger partial charge in [0.2, 0.25) is 10.0 Å². The Morgan fingerprint density at radius 1 is 1.10 bits per heavy atom. The molecule has 1 aromatic heterocycles. The van der Waals surface area contributed by atoms with Crippen LogP contribution in [-0.2, 0) is 10.0 Å². The molecule has 0 aliphatic carbocycles. The standard InChI is InChI=1S/C22H26N2O5S/c1-5-28-19-11-7-8-16-13-20(29-21(16)19)15(4)23-22(25)17-9-6-10-18(12-17)30(26,27)24-14(2)3/h6-15,24H,5H2,1-4H3,(H,23,25). The van der Waals surface area contributed by atoms with Crippen molar-refractivity contribution in [3.63, 3.8) is 0 Å². The quantitative estimate of drug-likeness (QED) is 0.563. The smallest absolute Gasteiger partial charge is 0.251 e. The maximum atomic E-state index is 12.7. The van der Waals surface area contributed by atoms with Gasteiger partial charge in [0.1, 0.15) is 5.76 Å². The Morgan fingerprint density at radius 2 is 1.83 bits per heavy atom. The number of benzene rings is 2. The number of para-hydroxylation sites is 1. The Balaban J connectivity index is 1.80. The first kappa shape index (κ1) is 21.9. The topological polar surface area (TPSA) is 97.6 Å². The second-order valence-electron chi connectivity index (χ2n) is 7.26. The number of furan rings is 1. The SMILES string of the molecule is CCOc1cccc2cc(C(C)NC(=O)c3cccc(S(=O)(=O)NC(C)C)c3)oc12. The molecule has 1 atom stereocenters. The van der Waals surface area contributed by atoms with Crippen molar-refractivity contribution in [3.8, 4) is 5.75 Å². The Morgan fingerprint density at radius 3 is 2.53 bits per heavy atom. The summed E-state index contributed by atoms with van der Waals surface area (Å²) < 4.78 is 38.8. The summed E-state index contributed by atoms with van der Waals surface area (Å²) >= 11 is 0. The zero-order valence-electron chi connectivity index (χ0n) is 17.4. The fourth-order valence-electron chi connectivity index (χ4n) is 3.07. The van der Waals surface area contributed by atoms with Gasteiger partial charge < -0.3 is 14.5 Å². The van der Waals surface area contributed by atoms with Gasteiger partial charge in [0.15, 0.2) is 11.3 Å². The van der Waals surface area contributed by atoms with Crippen molar-refractivity contribution in [2.24, 2.45) is 0 Å². The Hall–Kier alpha value is -2.84. The highest BCUT2D eigenvalue weighted by Gasteiger charge is 2.20.